The molecule has 4 aromatic rings. The highest BCUT2D eigenvalue weighted by Crippen LogP contribution is 2.31. The summed E-state index contributed by atoms with van der Waals surface area (Å²) in [6, 6.07) is 12.9. The summed E-state index contributed by atoms with van der Waals surface area (Å²) in [5.41, 5.74) is 5.44. The van der Waals surface area contributed by atoms with Gasteiger partial charge in [0, 0.05) is 21.8 Å². The average Bonchev–Trinajstić information content (AvgIpc) is 2.92. The minimum absolute atomic E-state index is 1.08. The van der Waals surface area contributed by atoms with Crippen LogP contribution in [-0.4, -0.2) is 25.0 Å². The fourth-order valence-electron chi connectivity index (χ4n) is 2.35. The molecule has 2 aromatic carbocycles. The second-order valence-electron chi connectivity index (χ2n) is 4.08. The number of nitrogens with zero attached hydrogens (tertiary/aromatic N) is 2. The Morgan fingerprint density at radius 2 is 1.94 bits per heavy atom. The van der Waals surface area contributed by atoms with Gasteiger partial charge in [0.1, 0.15) is 0 Å². The molecule has 0 spiro atoms. The number of thiazole rings is 1. The summed E-state index contributed by atoms with van der Waals surface area (Å²) in [6.07, 6.45) is 0. The van der Waals surface area contributed by atoms with Gasteiger partial charge in [-0.1, -0.05) is 18.2 Å². The zero-order valence-electron chi connectivity index (χ0n) is 8.92. The van der Waals surface area contributed by atoms with Crippen molar-refractivity contribution in [2.24, 2.45) is 0 Å². The summed E-state index contributed by atoms with van der Waals surface area (Å²) in [6.45, 7) is 0. The number of fused-ring (bicyclic) bond motifs is 4. The molecule has 0 bridgehead atoms. The summed E-state index contributed by atoms with van der Waals surface area (Å²) in [7, 11) is 0. The van der Waals surface area contributed by atoms with Gasteiger partial charge in [-0.3, -0.25) is 0 Å². The van der Waals surface area contributed by atoms with E-state index in [9.17, 15) is 0 Å². The Morgan fingerprint density at radius 1 is 1.06 bits per heavy atom. The number of para-hydroxylation sites is 1. The van der Waals surface area contributed by atoms with Crippen LogP contribution >= 0.6 is 11.3 Å². The molecule has 0 aliphatic carbocycles. The van der Waals surface area contributed by atoms with E-state index in [-0.39, 0.29) is 0 Å². The Hall–Kier alpha value is -1.34. The van der Waals surface area contributed by atoms with Crippen molar-refractivity contribution in [3.8, 4) is 0 Å². The van der Waals surface area contributed by atoms with Crippen LogP contribution in [0.3, 0.4) is 0 Å². The first-order chi connectivity index (χ1) is 8.34. The summed E-state index contributed by atoms with van der Waals surface area (Å²) in [4.78, 5) is 4.38. The minimum atomic E-state index is 1.08. The minimum Gasteiger partial charge on any atom is -0.452 e. The van der Waals surface area contributed by atoms with Gasteiger partial charge in [-0.05, 0) is 18.2 Å². The first-order valence-corrected chi connectivity index (χ1v) is 6.76. The number of benzene rings is 2. The maximum atomic E-state index is 4.38. The highest BCUT2D eigenvalue weighted by Gasteiger charge is 2.08. The molecule has 4 heteroatoms. The van der Waals surface area contributed by atoms with Crippen LogP contribution < -0.4 is 0 Å². The first kappa shape index (κ1) is 9.67. The maximum absolute atomic E-state index is 4.38. The van der Waals surface area contributed by atoms with Crippen molar-refractivity contribution in [3.05, 3.63) is 41.9 Å². The monoisotopic (exact) mass is 250 g/mol. The first-order valence-electron chi connectivity index (χ1n) is 5.36. The van der Waals surface area contributed by atoms with Gasteiger partial charge in [0.05, 0.1) is 15.7 Å². The largest absolute Gasteiger partial charge is 0.452 e. The topological polar surface area (TPSA) is 17.8 Å². The molecule has 2 radical (unpaired) electrons. The molecular weight excluding hydrogens is 243 g/mol. The fourth-order valence-corrected chi connectivity index (χ4v) is 3.49. The highest BCUT2D eigenvalue weighted by atomic mass is 32.1. The van der Waals surface area contributed by atoms with Crippen LogP contribution in [0.15, 0.2) is 41.9 Å². The number of hydrogen-bond acceptors (Lipinski definition) is 2. The average molecular weight is 250 g/mol. The van der Waals surface area contributed by atoms with Crippen LogP contribution in [0.5, 0.6) is 0 Å². The Bertz CT molecular complexity index is 860. The predicted molar refractivity (Wildman–Crippen MR) is 73.8 cm³/mol. The van der Waals surface area contributed by atoms with Crippen molar-refractivity contribution in [1.29, 1.82) is 0 Å². The van der Waals surface area contributed by atoms with Crippen LogP contribution in [0.1, 0.15) is 0 Å². The normalized spacial score (nSPS) is 11.8. The number of rotatable bonds is 0. The van der Waals surface area contributed by atoms with Gasteiger partial charge in [0.25, 0.3) is 0 Å². The van der Waals surface area contributed by atoms with Crippen LogP contribution in [0.4, 0.5) is 0 Å². The molecule has 0 aliphatic heterocycles. The molecule has 0 atom stereocenters. The van der Waals surface area contributed by atoms with Gasteiger partial charge < -0.3 is 3.55 Å². The van der Waals surface area contributed by atoms with Crippen molar-refractivity contribution >= 4 is 59.9 Å². The van der Waals surface area contributed by atoms with Gasteiger partial charge >= 0.3 is 16.5 Å². The van der Waals surface area contributed by atoms with Crippen molar-refractivity contribution in [2.75, 3.05) is 0 Å². The van der Waals surface area contributed by atoms with E-state index >= 15 is 0 Å². The molecule has 4 rings (SSSR count). The van der Waals surface area contributed by atoms with E-state index in [1.54, 1.807) is 11.3 Å². The molecule has 0 saturated carbocycles. The van der Waals surface area contributed by atoms with E-state index in [1.807, 2.05) is 5.51 Å². The summed E-state index contributed by atoms with van der Waals surface area (Å²) in [5.74, 6) is 0. The van der Waals surface area contributed by atoms with Crippen molar-refractivity contribution in [2.45, 2.75) is 0 Å². The molecule has 2 nitrogen and oxygen atoms in total. The van der Waals surface area contributed by atoms with Crippen molar-refractivity contribution in [3.63, 3.8) is 0 Å². The lowest BCUT2D eigenvalue weighted by molar-refractivity contribution is 1.39. The van der Waals surface area contributed by atoms with Crippen LogP contribution in [0.2, 0.25) is 0 Å². The molecule has 2 heterocycles. The lowest BCUT2D eigenvalue weighted by atomic mass is 10.1. The summed E-state index contributed by atoms with van der Waals surface area (Å²) in [5, 5.41) is 2.60. The fraction of sp³-hybridized carbons (Fsp3) is 0. The van der Waals surface area contributed by atoms with Gasteiger partial charge in [-0.15, -0.1) is 11.3 Å². The third kappa shape index (κ3) is 1.23. The maximum Gasteiger partial charge on any atom is 0.318 e. The zero-order chi connectivity index (χ0) is 11.4. The van der Waals surface area contributed by atoms with Gasteiger partial charge in [0.15, 0.2) is 0 Å². The molecule has 0 N–H and O–H groups in total. The Kier molecular flexibility index (Phi) is 1.89. The molecule has 0 aliphatic rings. The zero-order valence-corrected chi connectivity index (χ0v) is 10.9. The summed E-state index contributed by atoms with van der Waals surface area (Å²) >= 11 is 4.48. The molecule has 17 heavy (non-hydrogen) atoms. The van der Waals surface area contributed by atoms with E-state index in [1.165, 1.54) is 26.5 Å². The third-order valence-electron chi connectivity index (χ3n) is 3.16. The van der Waals surface area contributed by atoms with Gasteiger partial charge in [0.2, 0.25) is 0 Å². The highest BCUT2D eigenvalue weighted by molar-refractivity contribution is 7.16. The molecule has 0 fully saturated rings. The summed E-state index contributed by atoms with van der Waals surface area (Å²) < 4.78 is 3.41. The molecular formula is C13H7AlN2S. The van der Waals surface area contributed by atoms with Crippen molar-refractivity contribution in [1.82, 2.24) is 8.53 Å². The molecule has 0 amide bonds. The van der Waals surface area contributed by atoms with Crippen LogP contribution in [-0.2, 0) is 0 Å². The predicted octanol–water partition coefficient (Wildman–Crippen LogP) is 3.34. The second-order valence-corrected chi connectivity index (χ2v) is 5.48. The third-order valence-corrected chi connectivity index (χ3v) is 4.51. The lowest BCUT2D eigenvalue weighted by Gasteiger charge is -1.98. The van der Waals surface area contributed by atoms with E-state index in [0.29, 0.717) is 0 Å². The van der Waals surface area contributed by atoms with Crippen molar-refractivity contribution < 1.29 is 0 Å². The van der Waals surface area contributed by atoms with E-state index < -0.39 is 0 Å². The molecule has 2 aromatic heterocycles. The molecule has 78 valence electrons. The number of aromatic nitrogens is 2. The van der Waals surface area contributed by atoms with E-state index in [2.05, 4.69) is 61.4 Å². The van der Waals surface area contributed by atoms with E-state index in [4.69, 9.17) is 0 Å². The van der Waals surface area contributed by atoms with Gasteiger partial charge in [-0.2, -0.15) is 0 Å². The van der Waals surface area contributed by atoms with Crippen LogP contribution in [0, 0.1) is 0 Å². The Balaban J connectivity index is 2.36. The van der Waals surface area contributed by atoms with Gasteiger partial charge in [-0.25, -0.2) is 4.98 Å². The Labute approximate surface area is 110 Å². The Morgan fingerprint density at radius 3 is 2.88 bits per heavy atom. The van der Waals surface area contributed by atoms with E-state index in [0.717, 1.165) is 5.52 Å². The standard InChI is InChI=1S/C13H7N2S.Al/c1-2-4-10-8(3-1)9-5-13-12(14-7-16-13)6-11(9)15-10;/h1-7H;/q-1;+1. The number of hydrogen-bond donors (Lipinski definition) is 0. The SMILES string of the molecule is [Al][n]1c2ccccc2c2cc3scnc3cc21. The van der Waals surface area contributed by atoms with Crippen LogP contribution in [0.25, 0.3) is 32.0 Å². The quantitative estimate of drug-likeness (QED) is 0.438. The lowest BCUT2D eigenvalue weighted by Crippen LogP contribution is -1.89. The molecule has 0 unspecified atom stereocenters. The smallest absolute Gasteiger partial charge is 0.318 e. The molecule has 0 saturated heterocycles. The second kappa shape index (κ2) is 3.33.